The predicted molar refractivity (Wildman–Crippen MR) is 77.8 cm³/mol. The molecule has 0 saturated carbocycles. The van der Waals surface area contributed by atoms with E-state index in [4.69, 9.17) is 4.74 Å². The first-order valence-corrected chi connectivity index (χ1v) is 6.36. The van der Waals surface area contributed by atoms with Crippen molar-refractivity contribution in [1.29, 1.82) is 0 Å². The number of benzene rings is 2. The minimum Gasteiger partial charge on any atom is -0.478 e. The molecule has 0 atom stereocenters. The predicted octanol–water partition coefficient (Wildman–Crippen LogP) is 3.43. The molecule has 1 N–H and O–H groups in total. The molecule has 1 heterocycles. The Bertz CT molecular complexity index is 831. The van der Waals surface area contributed by atoms with Crippen molar-refractivity contribution >= 4 is 16.7 Å². The Morgan fingerprint density at radius 3 is 2.43 bits per heavy atom. The SMILES string of the molecule is Cc1nccnc1Oc1cc2ccccc2cc1C(=O)O. The fourth-order valence-electron chi connectivity index (χ4n) is 2.07. The van der Waals surface area contributed by atoms with E-state index in [1.54, 1.807) is 25.3 Å². The Kier molecular flexibility index (Phi) is 3.23. The van der Waals surface area contributed by atoms with E-state index >= 15 is 0 Å². The van der Waals surface area contributed by atoms with Crippen LogP contribution in [0.25, 0.3) is 10.8 Å². The second-order valence-corrected chi connectivity index (χ2v) is 4.55. The molecule has 21 heavy (non-hydrogen) atoms. The lowest BCUT2D eigenvalue weighted by Gasteiger charge is -2.10. The van der Waals surface area contributed by atoms with Crippen LogP contribution in [0.1, 0.15) is 16.1 Å². The third-order valence-electron chi connectivity index (χ3n) is 3.12. The number of ether oxygens (including phenoxy) is 1. The molecule has 0 bridgehead atoms. The Labute approximate surface area is 120 Å². The van der Waals surface area contributed by atoms with Gasteiger partial charge in [-0.25, -0.2) is 9.78 Å². The highest BCUT2D eigenvalue weighted by Crippen LogP contribution is 2.30. The number of nitrogens with zero attached hydrogens (tertiary/aromatic N) is 2. The van der Waals surface area contributed by atoms with Crippen molar-refractivity contribution in [2.75, 3.05) is 0 Å². The van der Waals surface area contributed by atoms with Crippen molar-refractivity contribution in [1.82, 2.24) is 9.97 Å². The van der Waals surface area contributed by atoms with Gasteiger partial charge in [0.05, 0.1) is 5.69 Å². The van der Waals surface area contributed by atoms with Crippen LogP contribution in [0.15, 0.2) is 48.8 Å². The van der Waals surface area contributed by atoms with Crippen LogP contribution in [0, 0.1) is 6.92 Å². The van der Waals surface area contributed by atoms with Gasteiger partial charge in [-0.05, 0) is 29.8 Å². The Morgan fingerprint density at radius 1 is 1.10 bits per heavy atom. The van der Waals surface area contributed by atoms with Crippen LogP contribution in [-0.4, -0.2) is 21.0 Å². The van der Waals surface area contributed by atoms with Crippen LogP contribution >= 0.6 is 0 Å². The van der Waals surface area contributed by atoms with Gasteiger partial charge in [0.1, 0.15) is 11.3 Å². The molecular weight excluding hydrogens is 268 g/mol. The molecule has 5 nitrogen and oxygen atoms in total. The molecule has 3 rings (SSSR count). The highest BCUT2D eigenvalue weighted by atomic mass is 16.5. The molecule has 0 spiro atoms. The van der Waals surface area contributed by atoms with Crippen LogP contribution < -0.4 is 4.74 Å². The van der Waals surface area contributed by atoms with Gasteiger partial charge in [0.2, 0.25) is 5.88 Å². The third-order valence-corrected chi connectivity index (χ3v) is 3.12. The second kappa shape index (κ2) is 5.20. The molecule has 0 aliphatic heterocycles. The van der Waals surface area contributed by atoms with Gasteiger partial charge in [-0.15, -0.1) is 0 Å². The number of carbonyl (C=O) groups is 1. The Hall–Kier alpha value is -2.95. The van der Waals surface area contributed by atoms with Crippen LogP contribution in [0.3, 0.4) is 0 Å². The number of carboxylic acids is 1. The average Bonchev–Trinajstić information content (AvgIpc) is 2.48. The van der Waals surface area contributed by atoms with Gasteiger partial charge < -0.3 is 9.84 Å². The molecule has 0 unspecified atom stereocenters. The van der Waals surface area contributed by atoms with Crippen LogP contribution in [0.2, 0.25) is 0 Å². The van der Waals surface area contributed by atoms with Gasteiger partial charge in [-0.1, -0.05) is 24.3 Å². The monoisotopic (exact) mass is 280 g/mol. The average molecular weight is 280 g/mol. The van der Waals surface area contributed by atoms with Crippen molar-refractivity contribution in [3.63, 3.8) is 0 Å². The zero-order chi connectivity index (χ0) is 14.8. The number of aryl methyl sites for hydroxylation is 1. The number of hydrogen-bond acceptors (Lipinski definition) is 4. The normalized spacial score (nSPS) is 10.5. The molecule has 104 valence electrons. The molecule has 0 aliphatic carbocycles. The van der Waals surface area contributed by atoms with Gasteiger partial charge in [0.15, 0.2) is 0 Å². The van der Waals surface area contributed by atoms with E-state index in [-0.39, 0.29) is 11.3 Å². The molecule has 5 heteroatoms. The summed E-state index contributed by atoms with van der Waals surface area (Å²) in [6.07, 6.45) is 3.06. The van der Waals surface area contributed by atoms with Gasteiger partial charge in [-0.2, -0.15) is 0 Å². The Morgan fingerprint density at radius 2 is 1.76 bits per heavy atom. The van der Waals surface area contributed by atoms with Gasteiger partial charge >= 0.3 is 5.97 Å². The van der Waals surface area contributed by atoms with Crippen molar-refractivity contribution in [3.05, 3.63) is 60.0 Å². The molecule has 0 amide bonds. The third kappa shape index (κ3) is 2.53. The van der Waals surface area contributed by atoms with Crippen molar-refractivity contribution in [2.45, 2.75) is 6.92 Å². The van der Waals surface area contributed by atoms with Gasteiger partial charge in [-0.3, -0.25) is 4.98 Å². The summed E-state index contributed by atoms with van der Waals surface area (Å²) in [6, 6.07) is 10.8. The summed E-state index contributed by atoms with van der Waals surface area (Å²) >= 11 is 0. The maximum atomic E-state index is 11.4. The molecule has 0 fully saturated rings. The first kappa shape index (κ1) is 13.1. The topological polar surface area (TPSA) is 72.3 Å². The summed E-state index contributed by atoms with van der Waals surface area (Å²) in [7, 11) is 0. The van der Waals surface area contributed by atoms with Crippen LogP contribution in [0.5, 0.6) is 11.6 Å². The quantitative estimate of drug-likeness (QED) is 0.795. The number of aromatic nitrogens is 2. The van der Waals surface area contributed by atoms with Crippen molar-refractivity contribution in [3.8, 4) is 11.6 Å². The minimum absolute atomic E-state index is 0.0961. The number of aromatic carboxylic acids is 1. The molecule has 2 aromatic carbocycles. The highest BCUT2D eigenvalue weighted by Gasteiger charge is 2.15. The van der Waals surface area contributed by atoms with E-state index in [1.165, 1.54) is 6.20 Å². The van der Waals surface area contributed by atoms with E-state index in [0.29, 0.717) is 11.6 Å². The summed E-state index contributed by atoms with van der Waals surface area (Å²) < 4.78 is 5.66. The summed E-state index contributed by atoms with van der Waals surface area (Å²) in [5, 5.41) is 11.1. The van der Waals surface area contributed by atoms with Gasteiger partial charge in [0.25, 0.3) is 0 Å². The molecule has 0 saturated heterocycles. The van der Waals surface area contributed by atoms with Gasteiger partial charge in [0, 0.05) is 12.4 Å². The van der Waals surface area contributed by atoms with Crippen LogP contribution in [-0.2, 0) is 0 Å². The first-order valence-electron chi connectivity index (χ1n) is 6.36. The molecule has 1 aromatic heterocycles. The molecule has 0 radical (unpaired) electrons. The van der Waals surface area contributed by atoms with Crippen molar-refractivity contribution in [2.24, 2.45) is 0 Å². The first-order chi connectivity index (χ1) is 10.1. The largest absolute Gasteiger partial charge is 0.478 e. The van der Waals surface area contributed by atoms with Crippen molar-refractivity contribution < 1.29 is 14.6 Å². The summed E-state index contributed by atoms with van der Waals surface area (Å²) in [5.41, 5.74) is 0.695. The molecule has 3 aromatic rings. The number of fused-ring (bicyclic) bond motifs is 1. The molecular formula is C16H12N2O3. The minimum atomic E-state index is -1.04. The van der Waals surface area contributed by atoms with E-state index in [0.717, 1.165) is 10.8 Å². The maximum absolute atomic E-state index is 11.4. The number of hydrogen-bond donors (Lipinski definition) is 1. The summed E-state index contributed by atoms with van der Waals surface area (Å²) in [4.78, 5) is 19.6. The van der Waals surface area contributed by atoms with Crippen LogP contribution in [0.4, 0.5) is 0 Å². The standard InChI is InChI=1S/C16H12N2O3/c1-10-15(18-7-6-17-10)21-14-9-12-5-3-2-4-11(12)8-13(14)16(19)20/h2-9H,1H3,(H,19,20). The summed E-state index contributed by atoms with van der Waals surface area (Å²) in [6.45, 7) is 1.75. The maximum Gasteiger partial charge on any atom is 0.339 e. The zero-order valence-electron chi connectivity index (χ0n) is 11.3. The lowest BCUT2D eigenvalue weighted by atomic mass is 10.1. The number of rotatable bonds is 3. The zero-order valence-corrected chi connectivity index (χ0v) is 11.3. The fourth-order valence-corrected chi connectivity index (χ4v) is 2.07. The lowest BCUT2D eigenvalue weighted by Crippen LogP contribution is -2.02. The van der Waals surface area contributed by atoms with E-state index in [9.17, 15) is 9.90 Å². The smallest absolute Gasteiger partial charge is 0.339 e. The highest BCUT2D eigenvalue weighted by molar-refractivity contribution is 5.97. The van der Waals surface area contributed by atoms with E-state index < -0.39 is 5.97 Å². The second-order valence-electron chi connectivity index (χ2n) is 4.55. The van der Waals surface area contributed by atoms with E-state index in [1.807, 2.05) is 24.3 Å². The summed E-state index contributed by atoms with van der Waals surface area (Å²) in [5.74, 6) is -0.489. The van der Waals surface area contributed by atoms with E-state index in [2.05, 4.69) is 9.97 Å². The fraction of sp³-hybridized carbons (Fsp3) is 0.0625. The molecule has 0 aliphatic rings. The lowest BCUT2D eigenvalue weighted by molar-refractivity contribution is 0.0694. The Balaban J connectivity index is 2.14. The number of carboxylic acid groups (broad SMARTS) is 1.